The van der Waals surface area contributed by atoms with Crippen molar-refractivity contribution in [2.75, 3.05) is 18.8 Å². The molecular weight excluding hydrogens is 470 g/mol. The van der Waals surface area contributed by atoms with Gasteiger partial charge in [0, 0.05) is 35.4 Å². The van der Waals surface area contributed by atoms with Gasteiger partial charge in [0.05, 0.1) is 22.7 Å². The van der Waals surface area contributed by atoms with Crippen molar-refractivity contribution in [2.45, 2.75) is 32.4 Å². The second kappa shape index (κ2) is 9.21. The lowest BCUT2D eigenvalue weighted by Gasteiger charge is -2.29. The highest BCUT2D eigenvalue weighted by molar-refractivity contribution is 6.36. The summed E-state index contributed by atoms with van der Waals surface area (Å²) in [5.41, 5.74) is 14.2. The van der Waals surface area contributed by atoms with E-state index >= 15 is 0 Å². The third-order valence-electron chi connectivity index (χ3n) is 5.93. The van der Waals surface area contributed by atoms with Gasteiger partial charge in [0.25, 0.3) is 0 Å². The maximum Gasteiger partial charge on any atom is 0.234 e. The van der Waals surface area contributed by atoms with E-state index < -0.39 is 11.9 Å². The quantitative estimate of drug-likeness (QED) is 0.470. The summed E-state index contributed by atoms with van der Waals surface area (Å²) < 4.78 is 25.9. The highest BCUT2D eigenvalue weighted by Gasteiger charge is 2.26. The summed E-state index contributed by atoms with van der Waals surface area (Å²) in [5, 5.41) is 0.885. The van der Waals surface area contributed by atoms with E-state index in [1.807, 2.05) is 11.0 Å². The van der Waals surface area contributed by atoms with Crippen LogP contribution >= 0.6 is 23.2 Å². The minimum absolute atomic E-state index is 0.115. The van der Waals surface area contributed by atoms with Crippen LogP contribution in [-0.4, -0.2) is 34.9 Å². The third-order valence-corrected chi connectivity index (χ3v) is 6.64. The van der Waals surface area contributed by atoms with Crippen LogP contribution in [0.25, 0.3) is 16.5 Å². The van der Waals surface area contributed by atoms with Crippen LogP contribution in [0.4, 0.5) is 10.2 Å². The molecule has 1 aliphatic heterocycles. The number of nitrogens with two attached hydrogens (primary N) is 2. The van der Waals surface area contributed by atoms with Gasteiger partial charge in [0.1, 0.15) is 11.9 Å². The molecule has 1 amide bonds. The minimum Gasteiger partial charge on any atom is -0.478 e. The van der Waals surface area contributed by atoms with Crippen LogP contribution in [-0.2, 0) is 4.79 Å². The molecule has 0 aliphatic carbocycles. The lowest BCUT2D eigenvalue weighted by atomic mass is 9.98. The van der Waals surface area contributed by atoms with E-state index in [1.54, 1.807) is 26.3 Å². The molecule has 0 fully saturated rings. The van der Waals surface area contributed by atoms with Crippen molar-refractivity contribution in [3.63, 3.8) is 0 Å². The number of hydrogen-bond donors (Lipinski definition) is 2. The number of carbonyl (C=O) groups excluding carboxylic acids is 1. The monoisotopic (exact) mass is 492 g/mol. The molecule has 174 valence electrons. The second-order valence-electron chi connectivity index (χ2n) is 7.93. The fourth-order valence-electron chi connectivity index (χ4n) is 3.96. The molecule has 3 heterocycles. The summed E-state index contributed by atoms with van der Waals surface area (Å²) in [4.78, 5) is 17.7. The van der Waals surface area contributed by atoms with Gasteiger partial charge >= 0.3 is 0 Å². The van der Waals surface area contributed by atoms with E-state index in [9.17, 15) is 9.18 Å². The zero-order valence-electron chi connectivity index (χ0n) is 18.1. The lowest BCUT2D eigenvalue weighted by Crippen LogP contribution is -2.44. The Balaban J connectivity index is 1.66. The zero-order valence-corrected chi connectivity index (χ0v) is 19.6. The summed E-state index contributed by atoms with van der Waals surface area (Å²) in [6.07, 6.45) is 5.28. The third kappa shape index (κ3) is 4.38. The van der Waals surface area contributed by atoms with Crippen LogP contribution in [0.3, 0.4) is 0 Å². The highest BCUT2D eigenvalue weighted by Crippen LogP contribution is 2.41. The summed E-state index contributed by atoms with van der Waals surface area (Å²) in [6.45, 7) is 4.75. The number of benzene rings is 1. The average molecular weight is 493 g/mol. The van der Waals surface area contributed by atoms with E-state index in [0.717, 1.165) is 16.5 Å². The number of aromatic nitrogens is 1. The van der Waals surface area contributed by atoms with Crippen molar-refractivity contribution in [1.82, 2.24) is 9.88 Å². The van der Waals surface area contributed by atoms with E-state index in [0.29, 0.717) is 30.7 Å². The minimum atomic E-state index is -0.721. The van der Waals surface area contributed by atoms with Crippen molar-refractivity contribution >= 4 is 51.5 Å². The number of furan rings is 1. The first kappa shape index (κ1) is 23.4. The summed E-state index contributed by atoms with van der Waals surface area (Å²) in [6, 6.07) is 2.27. The van der Waals surface area contributed by atoms with Gasteiger partial charge in [-0.2, -0.15) is 0 Å². The van der Waals surface area contributed by atoms with Gasteiger partial charge in [-0.05, 0) is 38.0 Å². The van der Waals surface area contributed by atoms with Crippen LogP contribution in [0.1, 0.15) is 37.5 Å². The predicted molar refractivity (Wildman–Crippen MR) is 127 cm³/mol. The van der Waals surface area contributed by atoms with Gasteiger partial charge in [-0.25, -0.2) is 9.37 Å². The van der Waals surface area contributed by atoms with Gasteiger partial charge in [-0.15, -0.1) is 0 Å². The number of hydrogen-bond acceptors (Lipinski definition) is 6. The fraction of sp³-hybridized carbons (Fsp3) is 0.304. The first-order chi connectivity index (χ1) is 15.7. The lowest BCUT2D eigenvalue weighted by molar-refractivity contribution is -0.122. The average Bonchev–Trinajstić information content (AvgIpc) is 3.22. The van der Waals surface area contributed by atoms with Gasteiger partial charge in [0.2, 0.25) is 11.7 Å². The molecule has 10 heteroatoms. The number of nitrogens with zero attached hydrogens (tertiary/aromatic N) is 2. The highest BCUT2D eigenvalue weighted by atomic mass is 35.5. The Hall–Kier alpha value is -2.81. The molecule has 2 atom stereocenters. The number of ether oxygens (including phenoxy) is 1. The Bertz CT molecular complexity index is 1260. The van der Waals surface area contributed by atoms with Crippen molar-refractivity contribution in [2.24, 2.45) is 5.73 Å². The molecule has 0 bridgehead atoms. The number of fused-ring (bicyclic) bond motifs is 1. The molecule has 33 heavy (non-hydrogen) atoms. The SMILES string of the molecule is CC(Oc1c(N)ncc2c(C3=CCN(C(C)C(N)=O)CC3)coc12)c1c(Cl)ccc(F)c1Cl. The topological polar surface area (TPSA) is 108 Å². The Morgan fingerprint density at radius 2 is 2.09 bits per heavy atom. The molecule has 0 saturated heterocycles. The van der Waals surface area contributed by atoms with E-state index in [1.165, 1.54) is 12.1 Å². The number of halogens is 3. The standard InChI is InChI=1S/C23H23Cl2FN4O3/c1-11(23(28)31)30-7-5-13(6-8-30)15-10-32-20-14(15)9-29-22(27)21(20)33-12(2)18-16(24)3-4-17(26)19(18)25/h3-5,9-12H,6-8H2,1-2H3,(H2,27,29)(H2,28,31). The van der Waals surface area contributed by atoms with Crippen LogP contribution in [0.5, 0.6) is 5.75 Å². The van der Waals surface area contributed by atoms with Crippen LogP contribution < -0.4 is 16.2 Å². The Morgan fingerprint density at radius 3 is 2.76 bits per heavy atom. The number of primary amides is 1. The summed E-state index contributed by atoms with van der Waals surface area (Å²) in [7, 11) is 0. The molecule has 2 unspecified atom stereocenters. The number of anilines is 1. The van der Waals surface area contributed by atoms with Crippen molar-refractivity contribution < 1.29 is 18.3 Å². The second-order valence-corrected chi connectivity index (χ2v) is 8.72. The van der Waals surface area contributed by atoms with E-state index in [4.69, 9.17) is 43.8 Å². The molecular formula is C23H23Cl2FN4O3. The largest absolute Gasteiger partial charge is 0.478 e. The van der Waals surface area contributed by atoms with Crippen LogP contribution in [0.2, 0.25) is 10.0 Å². The number of rotatable bonds is 6. The maximum atomic E-state index is 14.0. The smallest absolute Gasteiger partial charge is 0.234 e. The van der Waals surface area contributed by atoms with Gasteiger partial charge in [-0.1, -0.05) is 29.3 Å². The molecule has 0 spiro atoms. The number of carbonyl (C=O) groups is 1. The van der Waals surface area contributed by atoms with Crippen molar-refractivity contribution in [3.8, 4) is 5.75 Å². The number of nitrogen functional groups attached to an aromatic ring is 1. The maximum absolute atomic E-state index is 14.0. The van der Waals surface area contributed by atoms with E-state index in [2.05, 4.69) is 4.98 Å². The summed E-state index contributed by atoms with van der Waals surface area (Å²) >= 11 is 12.4. The van der Waals surface area contributed by atoms with Crippen LogP contribution in [0, 0.1) is 5.82 Å². The Labute approximate surface area is 200 Å². The molecule has 7 nitrogen and oxygen atoms in total. The molecule has 1 aromatic carbocycles. The van der Waals surface area contributed by atoms with Gasteiger partial charge < -0.3 is 20.6 Å². The molecule has 2 aromatic heterocycles. The Kier molecular flexibility index (Phi) is 6.52. The molecule has 0 radical (unpaired) electrons. The molecule has 1 aliphatic rings. The van der Waals surface area contributed by atoms with E-state index in [-0.39, 0.29) is 33.6 Å². The normalized spacial score (nSPS) is 16.5. The van der Waals surface area contributed by atoms with Crippen LogP contribution in [0.15, 0.2) is 35.1 Å². The Morgan fingerprint density at radius 1 is 1.33 bits per heavy atom. The predicted octanol–water partition coefficient (Wildman–Crippen LogP) is 4.96. The zero-order chi connectivity index (χ0) is 23.9. The van der Waals surface area contributed by atoms with Gasteiger partial charge in [-0.3, -0.25) is 9.69 Å². The van der Waals surface area contributed by atoms with Gasteiger partial charge in [0.15, 0.2) is 11.4 Å². The molecule has 0 saturated carbocycles. The first-order valence-electron chi connectivity index (χ1n) is 10.4. The molecule has 3 aromatic rings. The number of pyridine rings is 1. The first-order valence-corrected chi connectivity index (χ1v) is 11.1. The summed E-state index contributed by atoms with van der Waals surface area (Å²) in [5.74, 6) is -0.601. The number of amides is 1. The van der Waals surface area contributed by atoms with Crippen molar-refractivity contribution in [1.29, 1.82) is 0 Å². The molecule has 4 N–H and O–H groups in total. The fourth-order valence-corrected chi connectivity index (χ4v) is 4.63. The van der Waals surface area contributed by atoms with Crippen molar-refractivity contribution in [3.05, 3.63) is 57.7 Å². The molecule has 4 rings (SSSR count).